The molecule has 41 heavy (non-hydrogen) atoms. The van der Waals surface area contributed by atoms with Gasteiger partial charge in [-0.25, -0.2) is 9.78 Å². The van der Waals surface area contributed by atoms with Crippen molar-refractivity contribution in [1.29, 1.82) is 0 Å². The molecule has 2 aliphatic carbocycles. The Kier molecular flexibility index (Phi) is 5.95. The number of aryl methyl sites for hydroxylation is 1. The highest BCUT2D eigenvalue weighted by molar-refractivity contribution is 6.29. The van der Waals surface area contributed by atoms with Crippen LogP contribution in [-0.4, -0.2) is 60.6 Å². The second-order valence-corrected chi connectivity index (χ2v) is 13.5. The van der Waals surface area contributed by atoms with Crippen molar-refractivity contribution in [2.24, 2.45) is 11.8 Å². The third-order valence-corrected chi connectivity index (χ3v) is 9.51. The topological polar surface area (TPSA) is 91.8 Å². The molecule has 2 unspecified atom stereocenters. The lowest BCUT2D eigenvalue weighted by Crippen LogP contribution is -2.55. The van der Waals surface area contributed by atoms with E-state index in [4.69, 9.17) is 16.0 Å². The SMILES string of the molecule is Cc1c(-c2cc3ccc(Cl)nc3n2CC2CC2)oc2cc(C(=O)N3CC4CCC3[C@@H]4N(C(=O)O)C(C)(C)C)ccc12. The first-order valence-corrected chi connectivity index (χ1v) is 14.9. The van der Waals surface area contributed by atoms with Crippen molar-refractivity contribution in [3.05, 3.63) is 52.7 Å². The van der Waals surface area contributed by atoms with Crippen molar-refractivity contribution in [3.8, 4) is 11.5 Å². The molecule has 3 aromatic heterocycles. The Bertz CT molecular complexity index is 1710. The molecule has 0 spiro atoms. The Morgan fingerprint density at radius 3 is 2.61 bits per heavy atom. The first kappa shape index (κ1) is 26.4. The molecule has 1 N–H and O–H groups in total. The fourth-order valence-corrected chi connectivity index (χ4v) is 7.39. The Morgan fingerprint density at radius 2 is 1.90 bits per heavy atom. The summed E-state index contributed by atoms with van der Waals surface area (Å²) in [5.41, 5.74) is 3.54. The highest BCUT2D eigenvalue weighted by Gasteiger charge is 2.54. The molecule has 9 heteroatoms. The van der Waals surface area contributed by atoms with Crippen LogP contribution in [0.5, 0.6) is 0 Å². The standard InChI is InChI=1S/C32H35ClN4O4/c1-17-22-10-7-20(30(38)36-16-21-8-11-23(36)27(21)37(31(39)40)32(2,3)4)14-25(22)41-28(17)24-13-19-9-12-26(33)34-29(19)35(24)15-18-5-6-18/h7,9-10,12-14,18,21,23,27H,5-6,8,11,15-16H2,1-4H3,(H,39,40)/t21?,23?,27-/m1/s1. The van der Waals surface area contributed by atoms with Gasteiger partial charge in [-0.05, 0) is 95.5 Å². The first-order valence-electron chi connectivity index (χ1n) is 14.5. The zero-order valence-corrected chi connectivity index (χ0v) is 24.6. The average molecular weight is 575 g/mol. The third-order valence-electron chi connectivity index (χ3n) is 9.30. The van der Waals surface area contributed by atoms with Gasteiger partial charge >= 0.3 is 6.09 Å². The van der Waals surface area contributed by atoms with Crippen LogP contribution in [0.1, 0.15) is 62.4 Å². The smallest absolute Gasteiger partial charge is 0.408 e. The van der Waals surface area contributed by atoms with Crippen LogP contribution in [0.25, 0.3) is 33.5 Å². The Hall–Kier alpha value is -3.52. The maximum atomic E-state index is 13.9. The number of benzene rings is 1. The van der Waals surface area contributed by atoms with Gasteiger partial charge in [-0.1, -0.05) is 17.7 Å². The van der Waals surface area contributed by atoms with Gasteiger partial charge in [-0.15, -0.1) is 0 Å². The number of carbonyl (C=O) groups is 2. The minimum absolute atomic E-state index is 0.0689. The molecule has 2 saturated carbocycles. The van der Waals surface area contributed by atoms with Gasteiger partial charge in [0, 0.05) is 40.5 Å². The number of halogens is 1. The van der Waals surface area contributed by atoms with Gasteiger partial charge in [0.15, 0.2) is 5.76 Å². The van der Waals surface area contributed by atoms with E-state index < -0.39 is 11.6 Å². The average Bonchev–Trinajstić information content (AvgIpc) is 3.26. The maximum absolute atomic E-state index is 13.9. The van der Waals surface area contributed by atoms with Crippen LogP contribution >= 0.6 is 11.6 Å². The summed E-state index contributed by atoms with van der Waals surface area (Å²) in [7, 11) is 0. The predicted molar refractivity (Wildman–Crippen MR) is 158 cm³/mol. The molecule has 3 aliphatic rings. The molecule has 1 aromatic carbocycles. The summed E-state index contributed by atoms with van der Waals surface area (Å²) in [5, 5.41) is 12.5. The van der Waals surface area contributed by atoms with Crippen LogP contribution in [0.4, 0.5) is 4.79 Å². The predicted octanol–water partition coefficient (Wildman–Crippen LogP) is 7.20. The van der Waals surface area contributed by atoms with Crippen molar-refractivity contribution in [2.75, 3.05) is 6.54 Å². The number of aromatic nitrogens is 2. The van der Waals surface area contributed by atoms with E-state index in [0.29, 0.717) is 28.8 Å². The lowest BCUT2D eigenvalue weighted by atomic mass is 9.98. The molecule has 4 aromatic rings. The first-order chi connectivity index (χ1) is 19.5. The van der Waals surface area contributed by atoms with E-state index >= 15 is 0 Å². The molecule has 1 saturated heterocycles. The molecular weight excluding hydrogens is 540 g/mol. The normalized spacial score (nSPS) is 22.3. The zero-order valence-electron chi connectivity index (χ0n) is 23.9. The van der Waals surface area contributed by atoms with Crippen LogP contribution in [0.2, 0.25) is 5.15 Å². The van der Waals surface area contributed by atoms with E-state index in [0.717, 1.165) is 52.8 Å². The van der Waals surface area contributed by atoms with E-state index in [-0.39, 0.29) is 23.9 Å². The van der Waals surface area contributed by atoms with Gasteiger partial charge in [0.05, 0.1) is 17.8 Å². The third kappa shape index (κ3) is 4.30. The van der Waals surface area contributed by atoms with E-state index in [1.54, 1.807) is 4.90 Å². The summed E-state index contributed by atoms with van der Waals surface area (Å²) < 4.78 is 8.72. The number of amides is 2. The van der Waals surface area contributed by atoms with E-state index in [9.17, 15) is 14.7 Å². The Labute approximate surface area is 243 Å². The fourth-order valence-electron chi connectivity index (χ4n) is 7.25. The highest BCUT2D eigenvalue weighted by Crippen LogP contribution is 2.44. The number of fused-ring (bicyclic) bond motifs is 4. The van der Waals surface area contributed by atoms with Crippen molar-refractivity contribution in [1.82, 2.24) is 19.4 Å². The van der Waals surface area contributed by atoms with Gasteiger partial charge in [0.25, 0.3) is 5.91 Å². The minimum Gasteiger partial charge on any atom is -0.465 e. The summed E-state index contributed by atoms with van der Waals surface area (Å²) in [4.78, 5) is 34.2. The molecule has 2 bridgehead atoms. The van der Waals surface area contributed by atoms with E-state index in [1.807, 2.05) is 56.0 Å². The second-order valence-electron chi connectivity index (χ2n) is 13.1. The number of carboxylic acid groups (broad SMARTS) is 1. The maximum Gasteiger partial charge on any atom is 0.408 e. The van der Waals surface area contributed by atoms with Crippen molar-refractivity contribution in [3.63, 3.8) is 0 Å². The molecule has 214 valence electrons. The van der Waals surface area contributed by atoms with Crippen LogP contribution in [0.3, 0.4) is 0 Å². The Balaban J connectivity index is 1.23. The lowest BCUT2D eigenvalue weighted by molar-refractivity contribution is 0.0503. The molecule has 2 amide bonds. The van der Waals surface area contributed by atoms with Gasteiger partial charge in [0.2, 0.25) is 0 Å². The number of pyridine rings is 1. The summed E-state index contributed by atoms with van der Waals surface area (Å²) in [6.45, 7) is 9.26. The number of hydrogen-bond donors (Lipinski definition) is 1. The van der Waals surface area contributed by atoms with Crippen molar-refractivity contribution in [2.45, 2.75) is 77.5 Å². The van der Waals surface area contributed by atoms with Crippen molar-refractivity contribution < 1.29 is 19.1 Å². The molecule has 4 heterocycles. The summed E-state index contributed by atoms with van der Waals surface area (Å²) in [5.74, 6) is 1.49. The second kappa shape index (κ2) is 9.24. The largest absolute Gasteiger partial charge is 0.465 e. The molecule has 1 aliphatic heterocycles. The van der Waals surface area contributed by atoms with Gasteiger partial charge in [-0.3, -0.25) is 9.69 Å². The zero-order chi connectivity index (χ0) is 28.8. The van der Waals surface area contributed by atoms with Gasteiger partial charge < -0.3 is 19.0 Å². The number of piperidine rings is 1. The number of carbonyl (C=O) groups excluding carboxylic acids is 1. The number of likely N-dealkylation sites (tertiary alicyclic amines) is 1. The summed E-state index contributed by atoms with van der Waals surface area (Å²) >= 11 is 6.27. The van der Waals surface area contributed by atoms with Crippen LogP contribution in [0, 0.1) is 18.8 Å². The Morgan fingerprint density at radius 1 is 1.12 bits per heavy atom. The summed E-state index contributed by atoms with van der Waals surface area (Å²) in [6.07, 6.45) is 3.25. The summed E-state index contributed by atoms with van der Waals surface area (Å²) in [6, 6.07) is 11.3. The lowest BCUT2D eigenvalue weighted by Gasteiger charge is -2.40. The fraction of sp³-hybridized carbons (Fsp3) is 0.469. The molecule has 8 nitrogen and oxygen atoms in total. The van der Waals surface area contributed by atoms with E-state index in [1.165, 1.54) is 12.8 Å². The van der Waals surface area contributed by atoms with Crippen LogP contribution < -0.4 is 0 Å². The molecular formula is C32H35ClN4O4. The van der Waals surface area contributed by atoms with E-state index in [2.05, 4.69) is 22.5 Å². The molecule has 0 radical (unpaired) electrons. The monoisotopic (exact) mass is 574 g/mol. The van der Waals surface area contributed by atoms with Crippen molar-refractivity contribution >= 4 is 45.6 Å². The number of rotatable bonds is 5. The molecule has 7 rings (SSSR count). The van der Waals surface area contributed by atoms with Crippen LogP contribution in [0.15, 0.2) is 40.8 Å². The molecule has 3 fully saturated rings. The van der Waals surface area contributed by atoms with Gasteiger partial charge in [0.1, 0.15) is 16.4 Å². The number of furan rings is 1. The number of hydrogen-bond acceptors (Lipinski definition) is 4. The van der Waals surface area contributed by atoms with Crippen LogP contribution in [-0.2, 0) is 6.54 Å². The quantitative estimate of drug-likeness (QED) is 0.254. The van der Waals surface area contributed by atoms with Gasteiger partial charge in [-0.2, -0.15) is 0 Å². The highest BCUT2D eigenvalue weighted by atomic mass is 35.5. The minimum atomic E-state index is -0.926. The number of nitrogens with zero attached hydrogens (tertiary/aromatic N) is 4. The molecule has 3 atom stereocenters.